The molecule has 2 heteroatoms. The van der Waals surface area contributed by atoms with Crippen LogP contribution in [0.25, 0.3) is 0 Å². The van der Waals surface area contributed by atoms with Crippen molar-refractivity contribution in [1.82, 2.24) is 0 Å². The van der Waals surface area contributed by atoms with E-state index in [-0.39, 0.29) is 0 Å². The molecule has 2 nitrogen and oxygen atoms in total. The second-order valence-electron chi connectivity index (χ2n) is 8.18. The second-order valence-corrected chi connectivity index (χ2v) is 8.18. The van der Waals surface area contributed by atoms with Crippen LogP contribution in [0.4, 0.5) is 11.4 Å². The van der Waals surface area contributed by atoms with Gasteiger partial charge in [-0.25, -0.2) is 0 Å². The summed E-state index contributed by atoms with van der Waals surface area (Å²) in [4.78, 5) is 0. The zero-order valence-corrected chi connectivity index (χ0v) is 15.8. The maximum absolute atomic E-state index is 6.80. The topological polar surface area (TPSA) is 52.0 Å². The van der Waals surface area contributed by atoms with E-state index in [9.17, 15) is 0 Å². The highest BCUT2D eigenvalue weighted by Crippen LogP contribution is 2.47. The summed E-state index contributed by atoms with van der Waals surface area (Å²) in [5.41, 5.74) is 21.3. The Bertz CT molecular complexity index is 564. The number of hydrogen-bond acceptors (Lipinski definition) is 2. The number of anilines is 2. The van der Waals surface area contributed by atoms with Crippen LogP contribution in [0, 0.1) is 6.92 Å². The molecule has 0 spiro atoms. The maximum Gasteiger partial charge on any atom is 0.0405 e. The molecule has 0 aliphatic heterocycles. The third-order valence-electron chi connectivity index (χ3n) is 6.57. The average molecular weight is 329 g/mol. The van der Waals surface area contributed by atoms with Crippen LogP contribution in [0.15, 0.2) is 0 Å². The molecular weight excluding hydrogens is 292 g/mol. The minimum absolute atomic E-state index is 0.591. The maximum atomic E-state index is 6.80. The van der Waals surface area contributed by atoms with Gasteiger partial charge >= 0.3 is 0 Å². The van der Waals surface area contributed by atoms with Gasteiger partial charge < -0.3 is 11.5 Å². The Morgan fingerprint density at radius 2 is 1.25 bits per heavy atom. The Morgan fingerprint density at radius 1 is 0.750 bits per heavy atom. The van der Waals surface area contributed by atoms with Crippen LogP contribution in [-0.2, 0) is 6.42 Å². The summed E-state index contributed by atoms with van der Waals surface area (Å²) in [7, 11) is 0. The van der Waals surface area contributed by atoms with Crippen molar-refractivity contribution >= 4 is 11.4 Å². The van der Waals surface area contributed by atoms with Crippen LogP contribution in [-0.4, -0.2) is 0 Å². The van der Waals surface area contributed by atoms with E-state index in [0.717, 1.165) is 24.2 Å². The van der Waals surface area contributed by atoms with Gasteiger partial charge in [-0.2, -0.15) is 0 Å². The zero-order chi connectivity index (χ0) is 17.1. The van der Waals surface area contributed by atoms with Gasteiger partial charge in [-0.1, -0.05) is 51.9 Å². The SMILES string of the molecule is CCCc1c(N)c(C2CCCCC2)c(N)c(C)c1C1CCCCC1. The van der Waals surface area contributed by atoms with Crippen LogP contribution in [0.5, 0.6) is 0 Å². The van der Waals surface area contributed by atoms with E-state index in [4.69, 9.17) is 11.5 Å². The predicted molar refractivity (Wildman–Crippen MR) is 106 cm³/mol. The van der Waals surface area contributed by atoms with E-state index in [1.165, 1.54) is 86.5 Å². The molecule has 0 radical (unpaired) electrons. The van der Waals surface area contributed by atoms with Crippen LogP contribution in [0.1, 0.15) is 112 Å². The van der Waals surface area contributed by atoms with Gasteiger partial charge in [0.15, 0.2) is 0 Å². The highest BCUT2D eigenvalue weighted by molar-refractivity contribution is 5.74. The van der Waals surface area contributed by atoms with Crippen molar-refractivity contribution in [2.45, 2.75) is 103 Å². The largest absolute Gasteiger partial charge is 0.398 e. The minimum atomic E-state index is 0.591. The number of rotatable bonds is 4. The van der Waals surface area contributed by atoms with Crippen LogP contribution >= 0.6 is 0 Å². The zero-order valence-electron chi connectivity index (χ0n) is 15.8. The van der Waals surface area contributed by atoms with Crippen molar-refractivity contribution in [2.75, 3.05) is 11.5 Å². The number of nitrogen functional groups attached to an aromatic ring is 2. The van der Waals surface area contributed by atoms with E-state index >= 15 is 0 Å². The van der Waals surface area contributed by atoms with E-state index in [0.29, 0.717) is 11.8 Å². The fourth-order valence-electron chi connectivity index (χ4n) is 5.32. The molecule has 24 heavy (non-hydrogen) atoms. The Hall–Kier alpha value is -1.18. The summed E-state index contributed by atoms with van der Waals surface area (Å²) < 4.78 is 0. The summed E-state index contributed by atoms with van der Waals surface area (Å²) in [6.45, 7) is 4.54. The molecule has 2 saturated carbocycles. The van der Waals surface area contributed by atoms with Crippen LogP contribution in [0.2, 0.25) is 0 Å². The van der Waals surface area contributed by atoms with Crippen LogP contribution in [0.3, 0.4) is 0 Å². The lowest BCUT2D eigenvalue weighted by molar-refractivity contribution is 0.437. The molecule has 0 bridgehead atoms. The Morgan fingerprint density at radius 3 is 1.75 bits per heavy atom. The lowest BCUT2D eigenvalue weighted by Gasteiger charge is -2.32. The summed E-state index contributed by atoms with van der Waals surface area (Å²) in [6.07, 6.45) is 15.6. The molecule has 4 N–H and O–H groups in total. The first-order valence-corrected chi connectivity index (χ1v) is 10.3. The normalized spacial score (nSPS) is 20.4. The van der Waals surface area contributed by atoms with Crippen molar-refractivity contribution in [1.29, 1.82) is 0 Å². The highest BCUT2D eigenvalue weighted by Gasteiger charge is 2.28. The van der Waals surface area contributed by atoms with Crippen molar-refractivity contribution in [3.8, 4) is 0 Å². The molecule has 0 atom stereocenters. The highest BCUT2D eigenvalue weighted by atomic mass is 14.7. The van der Waals surface area contributed by atoms with E-state index < -0.39 is 0 Å². The van der Waals surface area contributed by atoms with Gasteiger partial charge in [0.1, 0.15) is 0 Å². The second kappa shape index (κ2) is 7.80. The number of hydrogen-bond donors (Lipinski definition) is 2. The average Bonchev–Trinajstić information content (AvgIpc) is 2.62. The Labute approximate surface area is 148 Å². The molecule has 0 heterocycles. The molecule has 2 fully saturated rings. The minimum Gasteiger partial charge on any atom is -0.398 e. The third kappa shape index (κ3) is 3.30. The van der Waals surface area contributed by atoms with Gasteiger partial charge in [0.05, 0.1) is 0 Å². The predicted octanol–water partition coefficient (Wildman–Crippen LogP) is 6.21. The van der Waals surface area contributed by atoms with E-state index in [1.807, 2.05) is 0 Å². The first-order valence-electron chi connectivity index (χ1n) is 10.3. The standard InChI is InChI=1S/C22H36N2/c1-3-10-18-19(16-11-6-4-7-12-16)15(2)21(23)20(22(18)24)17-13-8-5-9-14-17/h16-17H,3-14,23-24H2,1-2H3. The van der Waals surface area contributed by atoms with Gasteiger partial charge in [-0.15, -0.1) is 0 Å². The lowest BCUT2D eigenvalue weighted by Crippen LogP contribution is -2.18. The van der Waals surface area contributed by atoms with E-state index in [2.05, 4.69) is 13.8 Å². The van der Waals surface area contributed by atoms with Gasteiger partial charge in [-0.05, 0) is 67.6 Å². The molecular formula is C22H36N2. The van der Waals surface area contributed by atoms with Crippen molar-refractivity contribution in [3.63, 3.8) is 0 Å². The summed E-state index contributed by atoms with van der Waals surface area (Å²) in [5, 5.41) is 0. The van der Waals surface area contributed by atoms with Gasteiger partial charge in [0.2, 0.25) is 0 Å². The monoisotopic (exact) mass is 328 g/mol. The first kappa shape index (κ1) is 17.6. The smallest absolute Gasteiger partial charge is 0.0405 e. The van der Waals surface area contributed by atoms with Gasteiger partial charge in [-0.3, -0.25) is 0 Å². The lowest BCUT2D eigenvalue weighted by atomic mass is 9.74. The van der Waals surface area contributed by atoms with Crippen molar-refractivity contribution in [2.24, 2.45) is 0 Å². The third-order valence-corrected chi connectivity index (χ3v) is 6.57. The molecule has 134 valence electrons. The van der Waals surface area contributed by atoms with Gasteiger partial charge in [0.25, 0.3) is 0 Å². The Kier molecular flexibility index (Phi) is 5.73. The molecule has 0 amide bonds. The summed E-state index contributed by atoms with van der Waals surface area (Å²) in [5.74, 6) is 1.28. The molecule has 1 aromatic carbocycles. The van der Waals surface area contributed by atoms with E-state index in [1.54, 1.807) is 0 Å². The van der Waals surface area contributed by atoms with Crippen LogP contribution < -0.4 is 11.5 Å². The summed E-state index contributed by atoms with van der Waals surface area (Å²) in [6, 6.07) is 0. The molecule has 0 saturated heterocycles. The molecule has 0 aromatic heterocycles. The summed E-state index contributed by atoms with van der Waals surface area (Å²) >= 11 is 0. The van der Waals surface area contributed by atoms with Gasteiger partial charge in [0, 0.05) is 16.9 Å². The first-order chi connectivity index (χ1) is 11.6. The van der Waals surface area contributed by atoms with Crippen molar-refractivity contribution in [3.05, 3.63) is 22.3 Å². The quantitative estimate of drug-likeness (QED) is 0.646. The molecule has 3 rings (SSSR count). The number of nitrogens with two attached hydrogens (primary N) is 2. The molecule has 0 unspecified atom stereocenters. The molecule has 2 aliphatic carbocycles. The number of benzene rings is 1. The Balaban J connectivity index is 2.08. The molecule has 1 aromatic rings. The fourth-order valence-corrected chi connectivity index (χ4v) is 5.32. The van der Waals surface area contributed by atoms with Crippen molar-refractivity contribution < 1.29 is 0 Å². The molecule has 2 aliphatic rings. The fraction of sp³-hybridized carbons (Fsp3) is 0.727.